The molecule has 6 heteroatoms. The normalized spacial score (nSPS) is 15.8. The van der Waals surface area contributed by atoms with Gasteiger partial charge in [-0.1, -0.05) is 25.1 Å². The molecule has 1 aromatic carbocycles. The van der Waals surface area contributed by atoms with E-state index < -0.39 is 10.0 Å². The van der Waals surface area contributed by atoms with Crippen molar-refractivity contribution in [1.82, 2.24) is 9.21 Å². The van der Waals surface area contributed by atoms with Gasteiger partial charge < -0.3 is 4.90 Å². The molecule has 1 saturated heterocycles. The second-order valence-electron chi connectivity index (χ2n) is 4.83. The van der Waals surface area contributed by atoms with Crippen LogP contribution in [0.4, 0.5) is 0 Å². The molecule has 5 nitrogen and oxygen atoms in total. The van der Waals surface area contributed by atoms with Gasteiger partial charge in [-0.3, -0.25) is 4.79 Å². The Morgan fingerprint density at radius 1 is 1.20 bits per heavy atom. The summed E-state index contributed by atoms with van der Waals surface area (Å²) in [7, 11) is -3.59. The minimum absolute atomic E-state index is 0.0757. The smallest absolute Gasteiger partial charge is 0.243 e. The number of nitrogens with zero attached hydrogens (tertiary/aromatic N) is 2. The second-order valence-corrected chi connectivity index (χ2v) is 6.77. The quantitative estimate of drug-likeness (QED) is 0.823. The van der Waals surface area contributed by atoms with Crippen LogP contribution in [0, 0.1) is 0 Å². The number of hydrogen-bond donors (Lipinski definition) is 0. The van der Waals surface area contributed by atoms with Gasteiger partial charge in [-0.2, -0.15) is 4.31 Å². The van der Waals surface area contributed by atoms with E-state index in [1.165, 1.54) is 4.31 Å². The second kappa shape index (κ2) is 6.37. The number of carbonyl (C=O) groups excluding carboxylic acids is 1. The third-order valence-electron chi connectivity index (χ3n) is 3.50. The number of likely N-dealkylation sites (N-methyl/N-ethyl adjacent to an activating group) is 1. The summed E-state index contributed by atoms with van der Waals surface area (Å²) in [6.07, 6.45) is 2.01. The van der Waals surface area contributed by atoms with E-state index in [-0.39, 0.29) is 23.9 Å². The minimum Gasteiger partial charge on any atom is -0.342 e. The Balaban J connectivity index is 2.13. The Kier molecular flexibility index (Phi) is 4.77. The molecule has 2 rings (SSSR count). The van der Waals surface area contributed by atoms with Gasteiger partial charge in [0.2, 0.25) is 15.9 Å². The van der Waals surface area contributed by atoms with Crippen LogP contribution in [0.5, 0.6) is 0 Å². The van der Waals surface area contributed by atoms with E-state index in [1.807, 2.05) is 0 Å². The van der Waals surface area contributed by atoms with Gasteiger partial charge in [0.05, 0.1) is 11.4 Å². The number of likely N-dealkylation sites (tertiary alicyclic amines) is 1. The molecule has 0 spiro atoms. The molecule has 110 valence electrons. The monoisotopic (exact) mass is 296 g/mol. The summed E-state index contributed by atoms with van der Waals surface area (Å²) in [6.45, 7) is 3.44. The summed E-state index contributed by atoms with van der Waals surface area (Å²) in [5.41, 5.74) is 0. The van der Waals surface area contributed by atoms with Crippen molar-refractivity contribution in [2.24, 2.45) is 0 Å². The highest BCUT2D eigenvalue weighted by Crippen LogP contribution is 2.16. The van der Waals surface area contributed by atoms with Crippen LogP contribution in [-0.2, 0) is 14.8 Å². The lowest BCUT2D eigenvalue weighted by Gasteiger charge is -2.23. The highest BCUT2D eigenvalue weighted by molar-refractivity contribution is 7.89. The first-order valence-corrected chi connectivity index (χ1v) is 8.32. The zero-order valence-electron chi connectivity index (χ0n) is 11.7. The minimum atomic E-state index is -3.59. The van der Waals surface area contributed by atoms with Gasteiger partial charge in [0.15, 0.2) is 0 Å². The predicted octanol–water partition coefficient (Wildman–Crippen LogP) is 1.32. The highest BCUT2D eigenvalue weighted by Gasteiger charge is 2.27. The van der Waals surface area contributed by atoms with Gasteiger partial charge in [0.1, 0.15) is 0 Å². The molecule has 0 radical (unpaired) electrons. The van der Waals surface area contributed by atoms with Crippen LogP contribution >= 0.6 is 0 Å². The van der Waals surface area contributed by atoms with Crippen LogP contribution in [0.2, 0.25) is 0 Å². The molecular formula is C14H20N2O3S. The van der Waals surface area contributed by atoms with Gasteiger partial charge in [0.25, 0.3) is 0 Å². The van der Waals surface area contributed by atoms with E-state index in [0.717, 1.165) is 25.9 Å². The number of sulfonamides is 1. The van der Waals surface area contributed by atoms with Crippen molar-refractivity contribution >= 4 is 15.9 Å². The maximum atomic E-state index is 12.5. The fourth-order valence-corrected chi connectivity index (χ4v) is 3.75. The zero-order chi connectivity index (χ0) is 14.6. The first-order valence-electron chi connectivity index (χ1n) is 6.88. The summed E-state index contributed by atoms with van der Waals surface area (Å²) in [5, 5.41) is 0. The zero-order valence-corrected chi connectivity index (χ0v) is 12.5. The topological polar surface area (TPSA) is 57.7 Å². The number of rotatable bonds is 5. The molecule has 1 aliphatic heterocycles. The molecule has 0 saturated carbocycles. The van der Waals surface area contributed by atoms with E-state index >= 15 is 0 Å². The Morgan fingerprint density at radius 3 is 2.35 bits per heavy atom. The van der Waals surface area contributed by atoms with E-state index in [0.29, 0.717) is 0 Å². The van der Waals surface area contributed by atoms with Crippen molar-refractivity contribution in [3.8, 4) is 0 Å². The Hall–Kier alpha value is -1.40. The molecular weight excluding hydrogens is 276 g/mol. The molecule has 0 aliphatic carbocycles. The summed E-state index contributed by atoms with van der Waals surface area (Å²) < 4.78 is 26.2. The molecule has 1 heterocycles. The first kappa shape index (κ1) is 15.0. The Bertz CT molecular complexity index is 551. The van der Waals surface area contributed by atoms with Crippen molar-refractivity contribution in [2.45, 2.75) is 24.7 Å². The van der Waals surface area contributed by atoms with Crippen LogP contribution in [0.1, 0.15) is 19.8 Å². The van der Waals surface area contributed by atoms with E-state index in [1.54, 1.807) is 42.2 Å². The van der Waals surface area contributed by atoms with Crippen LogP contribution in [0.25, 0.3) is 0 Å². The fraction of sp³-hybridized carbons (Fsp3) is 0.500. The molecule has 20 heavy (non-hydrogen) atoms. The number of amides is 1. The predicted molar refractivity (Wildman–Crippen MR) is 76.7 cm³/mol. The molecule has 1 aromatic rings. The summed E-state index contributed by atoms with van der Waals surface area (Å²) >= 11 is 0. The lowest BCUT2D eigenvalue weighted by molar-refractivity contribution is -0.130. The maximum absolute atomic E-state index is 12.5. The molecule has 0 aromatic heterocycles. The third-order valence-corrected chi connectivity index (χ3v) is 5.44. The Labute approximate surface area is 120 Å². The molecule has 0 atom stereocenters. The molecule has 0 unspecified atom stereocenters. The standard InChI is InChI=1S/C14H20N2O3S/c1-2-16(12-14(17)15-10-6-7-11-15)20(18,19)13-8-4-3-5-9-13/h3-5,8-9H,2,6-7,10-12H2,1H3. The summed E-state index contributed by atoms with van der Waals surface area (Å²) in [4.78, 5) is 14.1. The lowest BCUT2D eigenvalue weighted by atomic mass is 10.4. The van der Waals surface area contributed by atoms with Crippen LogP contribution < -0.4 is 0 Å². The number of benzene rings is 1. The number of hydrogen-bond acceptors (Lipinski definition) is 3. The van der Waals surface area contributed by atoms with Crippen molar-refractivity contribution in [3.63, 3.8) is 0 Å². The average molecular weight is 296 g/mol. The van der Waals surface area contributed by atoms with E-state index in [9.17, 15) is 13.2 Å². The van der Waals surface area contributed by atoms with E-state index in [4.69, 9.17) is 0 Å². The number of carbonyl (C=O) groups is 1. The largest absolute Gasteiger partial charge is 0.342 e. The highest BCUT2D eigenvalue weighted by atomic mass is 32.2. The third kappa shape index (κ3) is 3.19. The van der Waals surface area contributed by atoms with Gasteiger partial charge in [0, 0.05) is 19.6 Å². The van der Waals surface area contributed by atoms with E-state index in [2.05, 4.69) is 0 Å². The molecule has 1 fully saturated rings. The summed E-state index contributed by atoms with van der Waals surface area (Å²) in [5.74, 6) is -0.108. The van der Waals surface area contributed by atoms with Crippen LogP contribution in [0.15, 0.2) is 35.2 Å². The van der Waals surface area contributed by atoms with Crippen molar-refractivity contribution < 1.29 is 13.2 Å². The fourth-order valence-electron chi connectivity index (χ4n) is 2.33. The first-order chi connectivity index (χ1) is 9.55. The van der Waals surface area contributed by atoms with Crippen molar-refractivity contribution in [1.29, 1.82) is 0 Å². The SMILES string of the molecule is CCN(CC(=O)N1CCCC1)S(=O)(=O)c1ccccc1. The molecule has 0 N–H and O–H groups in total. The molecule has 0 bridgehead atoms. The Morgan fingerprint density at radius 2 is 1.80 bits per heavy atom. The molecule has 1 aliphatic rings. The van der Waals surface area contributed by atoms with Crippen LogP contribution in [-0.4, -0.2) is 49.7 Å². The van der Waals surface area contributed by atoms with Crippen molar-refractivity contribution in [2.75, 3.05) is 26.2 Å². The van der Waals surface area contributed by atoms with Crippen molar-refractivity contribution in [3.05, 3.63) is 30.3 Å². The van der Waals surface area contributed by atoms with Gasteiger partial charge >= 0.3 is 0 Å². The maximum Gasteiger partial charge on any atom is 0.243 e. The van der Waals surface area contributed by atoms with Gasteiger partial charge in [-0.25, -0.2) is 8.42 Å². The van der Waals surface area contributed by atoms with Gasteiger partial charge in [-0.15, -0.1) is 0 Å². The lowest BCUT2D eigenvalue weighted by Crippen LogP contribution is -2.41. The van der Waals surface area contributed by atoms with Gasteiger partial charge in [-0.05, 0) is 25.0 Å². The average Bonchev–Trinajstić information content (AvgIpc) is 2.99. The molecule has 1 amide bonds. The summed E-state index contributed by atoms with van der Waals surface area (Å²) in [6, 6.07) is 8.24. The van der Waals surface area contributed by atoms with Crippen LogP contribution in [0.3, 0.4) is 0 Å².